The van der Waals surface area contributed by atoms with Crippen molar-refractivity contribution in [1.29, 1.82) is 0 Å². The van der Waals surface area contributed by atoms with Gasteiger partial charge in [-0.2, -0.15) is 0 Å². The van der Waals surface area contributed by atoms with Crippen molar-refractivity contribution in [2.45, 2.75) is 6.04 Å². The van der Waals surface area contributed by atoms with Gasteiger partial charge >= 0.3 is 5.97 Å². The fraction of sp³-hybridized carbons (Fsp3) is 0.250. The lowest BCUT2D eigenvalue weighted by atomic mass is 10.3. The molecule has 0 unspecified atom stereocenters. The van der Waals surface area contributed by atoms with Crippen LogP contribution in [0.2, 0.25) is 5.02 Å². The summed E-state index contributed by atoms with van der Waals surface area (Å²) in [4.78, 5) is 24.4. The summed E-state index contributed by atoms with van der Waals surface area (Å²) >= 11 is 5.56. The largest absolute Gasteiger partial charge is 0.480 e. The summed E-state index contributed by atoms with van der Waals surface area (Å²) in [6.07, 6.45) is 1.39. The van der Waals surface area contributed by atoms with E-state index in [0.29, 0.717) is 5.02 Å². The maximum atomic E-state index is 11.4. The van der Waals surface area contributed by atoms with E-state index in [1.807, 2.05) is 0 Å². The topological polar surface area (TPSA) is 102 Å². The highest BCUT2D eigenvalue weighted by Gasteiger charge is 2.20. The third-order valence-electron chi connectivity index (χ3n) is 1.68. The van der Waals surface area contributed by atoms with Crippen LogP contribution in [0.25, 0.3) is 0 Å². The Labute approximate surface area is 89.9 Å². The van der Waals surface area contributed by atoms with Crippen LogP contribution in [0.1, 0.15) is 10.5 Å². The first-order chi connectivity index (χ1) is 7.04. The van der Waals surface area contributed by atoms with Crippen LogP contribution < -0.4 is 5.32 Å². The monoisotopic (exact) mass is 232 g/mol. The van der Waals surface area contributed by atoms with Gasteiger partial charge in [-0.25, -0.2) is 4.79 Å². The quantitative estimate of drug-likeness (QED) is 0.579. The first-order valence-corrected chi connectivity index (χ1v) is 4.41. The summed E-state index contributed by atoms with van der Waals surface area (Å²) in [6, 6.07) is 0.0345. The van der Waals surface area contributed by atoms with Crippen molar-refractivity contribution < 1.29 is 19.8 Å². The Morgan fingerprint density at radius 3 is 2.67 bits per heavy atom. The predicted molar refractivity (Wildman–Crippen MR) is 51.8 cm³/mol. The number of aromatic amines is 1. The van der Waals surface area contributed by atoms with E-state index in [9.17, 15) is 9.59 Å². The Hall–Kier alpha value is -1.53. The molecule has 7 heteroatoms. The van der Waals surface area contributed by atoms with E-state index >= 15 is 0 Å². The molecule has 1 amide bonds. The zero-order valence-corrected chi connectivity index (χ0v) is 8.28. The molecule has 0 aliphatic heterocycles. The van der Waals surface area contributed by atoms with Gasteiger partial charge in [0.2, 0.25) is 0 Å². The van der Waals surface area contributed by atoms with Crippen LogP contribution in [0.15, 0.2) is 12.3 Å². The number of hydrogen-bond donors (Lipinski definition) is 4. The number of rotatable bonds is 4. The van der Waals surface area contributed by atoms with Gasteiger partial charge in [-0.15, -0.1) is 0 Å². The molecule has 0 saturated heterocycles. The van der Waals surface area contributed by atoms with E-state index in [4.69, 9.17) is 21.8 Å². The lowest BCUT2D eigenvalue weighted by molar-refractivity contribution is -0.140. The summed E-state index contributed by atoms with van der Waals surface area (Å²) in [5.41, 5.74) is 0.139. The first kappa shape index (κ1) is 11.5. The number of aromatic nitrogens is 1. The van der Waals surface area contributed by atoms with E-state index in [1.165, 1.54) is 12.3 Å². The number of carboxylic acids is 1. The molecule has 0 spiro atoms. The van der Waals surface area contributed by atoms with Gasteiger partial charge in [-0.3, -0.25) is 4.79 Å². The van der Waals surface area contributed by atoms with Gasteiger partial charge in [-0.1, -0.05) is 11.6 Å². The number of aliphatic carboxylic acids is 1. The maximum Gasteiger partial charge on any atom is 0.328 e. The van der Waals surface area contributed by atoms with Gasteiger partial charge < -0.3 is 20.5 Å². The van der Waals surface area contributed by atoms with Crippen LogP contribution in [0.4, 0.5) is 0 Å². The van der Waals surface area contributed by atoms with Crippen molar-refractivity contribution in [1.82, 2.24) is 10.3 Å². The van der Waals surface area contributed by atoms with Gasteiger partial charge in [0.25, 0.3) is 5.91 Å². The molecule has 0 bridgehead atoms. The van der Waals surface area contributed by atoms with Gasteiger partial charge in [0, 0.05) is 6.20 Å². The Morgan fingerprint density at radius 2 is 2.27 bits per heavy atom. The summed E-state index contributed by atoms with van der Waals surface area (Å²) in [5.74, 6) is -1.94. The predicted octanol–water partition coefficient (Wildman–Crippen LogP) is -0.157. The molecule has 4 N–H and O–H groups in total. The molecule has 1 aromatic heterocycles. The molecule has 0 saturated carbocycles. The minimum atomic E-state index is -1.32. The van der Waals surface area contributed by atoms with Crippen LogP contribution in [-0.4, -0.2) is 39.7 Å². The molecule has 1 rings (SSSR count). The zero-order valence-electron chi connectivity index (χ0n) is 7.53. The highest BCUT2D eigenvalue weighted by atomic mass is 35.5. The number of carbonyl (C=O) groups excluding carboxylic acids is 1. The number of H-pyrrole nitrogens is 1. The van der Waals surface area contributed by atoms with E-state index < -0.39 is 24.5 Å². The molecule has 0 aliphatic carbocycles. The number of aliphatic hydroxyl groups excluding tert-OH is 1. The third kappa shape index (κ3) is 2.97. The summed E-state index contributed by atoms with van der Waals surface area (Å²) in [5, 5.41) is 19.7. The molecule has 0 aromatic carbocycles. The summed E-state index contributed by atoms with van der Waals surface area (Å²) in [7, 11) is 0. The average molecular weight is 233 g/mol. The number of carboxylic acid groups (broad SMARTS) is 1. The molecule has 0 fully saturated rings. The highest BCUT2D eigenvalue weighted by molar-refractivity contribution is 6.30. The van der Waals surface area contributed by atoms with Crippen molar-refractivity contribution in [2.24, 2.45) is 0 Å². The van der Waals surface area contributed by atoms with Crippen LogP contribution in [0.3, 0.4) is 0 Å². The molecular formula is C8H9ClN2O4. The number of nitrogens with one attached hydrogen (secondary N) is 2. The number of carbonyl (C=O) groups is 2. The van der Waals surface area contributed by atoms with Crippen molar-refractivity contribution >= 4 is 23.5 Å². The van der Waals surface area contributed by atoms with Crippen LogP contribution >= 0.6 is 11.6 Å². The molecule has 1 aromatic rings. The average Bonchev–Trinajstić information content (AvgIpc) is 2.60. The van der Waals surface area contributed by atoms with Crippen molar-refractivity contribution in [2.75, 3.05) is 6.61 Å². The normalized spacial score (nSPS) is 12.1. The SMILES string of the molecule is O=C(N[C@@H](CO)C(=O)O)c1cc(Cl)c[nH]1. The minimum absolute atomic E-state index is 0.139. The minimum Gasteiger partial charge on any atom is -0.480 e. The van der Waals surface area contributed by atoms with Gasteiger partial charge in [0.05, 0.1) is 11.6 Å². The Kier molecular flexibility index (Phi) is 3.70. The lowest BCUT2D eigenvalue weighted by Crippen LogP contribution is -2.43. The van der Waals surface area contributed by atoms with Crippen LogP contribution in [-0.2, 0) is 4.79 Å². The van der Waals surface area contributed by atoms with Crippen molar-refractivity contribution in [3.63, 3.8) is 0 Å². The van der Waals surface area contributed by atoms with E-state index in [1.54, 1.807) is 0 Å². The number of aliphatic hydroxyl groups is 1. The number of amides is 1. The fourth-order valence-electron chi connectivity index (χ4n) is 0.920. The molecule has 1 heterocycles. The van der Waals surface area contributed by atoms with E-state index in [2.05, 4.69) is 10.3 Å². The van der Waals surface area contributed by atoms with Crippen molar-refractivity contribution in [3.05, 3.63) is 23.0 Å². The smallest absolute Gasteiger partial charge is 0.328 e. The summed E-state index contributed by atoms with van der Waals surface area (Å²) < 4.78 is 0. The standard InChI is InChI=1S/C8H9ClN2O4/c9-4-1-5(10-2-4)7(13)11-6(3-12)8(14)15/h1-2,6,10,12H,3H2,(H,11,13)(H,14,15)/t6-/m0/s1. The summed E-state index contributed by atoms with van der Waals surface area (Å²) in [6.45, 7) is -0.671. The van der Waals surface area contributed by atoms with Gasteiger partial charge in [0.1, 0.15) is 5.69 Å². The maximum absolute atomic E-state index is 11.4. The highest BCUT2D eigenvalue weighted by Crippen LogP contribution is 2.09. The fourth-order valence-corrected chi connectivity index (χ4v) is 1.08. The molecule has 6 nitrogen and oxygen atoms in total. The third-order valence-corrected chi connectivity index (χ3v) is 1.90. The second-order valence-corrected chi connectivity index (χ2v) is 3.21. The lowest BCUT2D eigenvalue weighted by Gasteiger charge is -2.10. The van der Waals surface area contributed by atoms with Gasteiger partial charge in [-0.05, 0) is 6.07 Å². The van der Waals surface area contributed by atoms with E-state index in [0.717, 1.165) is 0 Å². The van der Waals surface area contributed by atoms with Gasteiger partial charge in [0.15, 0.2) is 6.04 Å². The zero-order chi connectivity index (χ0) is 11.4. The number of halogens is 1. The molecule has 15 heavy (non-hydrogen) atoms. The Morgan fingerprint density at radius 1 is 1.60 bits per heavy atom. The Bertz CT molecular complexity index is 376. The number of hydrogen-bond acceptors (Lipinski definition) is 3. The second kappa shape index (κ2) is 4.81. The van der Waals surface area contributed by atoms with Crippen molar-refractivity contribution in [3.8, 4) is 0 Å². The molecule has 1 atom stereocenters. The first-order valence-electron chi connectivity index (χ1n) is 4.03. The second-order valence-electron chi connectivity index (χ2n) is 2.78. The van der Waals surface area contributed by atoms with Crippen LogP contribution in [0.5, 0.6) is 0 Å². The Balaban J connectivity index is 2.66. The van der Waals surface area contributed by atoms with E-state index in [-0.39, 0.29) is 5.69 Å². The molecule has 0 radical (unpaired) electrons. The van der Waals surface area contributed by atoms with Crippen LogP contribution in [0, 0.1) is 0 Å². The molecule has 0 aliphatic rings. The molecular weight excluding hydrogens is 224 g/mol. The molecule has 82 valence electrons.